The number of halogens is 3. The lowest BCUT2D eigenvalue weighted by Gasteiger charge is -2.38. The number of ketones is 3. The second-order valence-corrected chi connectivity index (χ2v) is 17.9. The number of rotatable bonds is 16. The minimum absolute atomic E-state index is 0.0436. The molecule has 3 aliphatic rings. The van der Waals surface area contributed by atoms with Crippen molar-refractivity contribution < 1.29 is 45.6 Å². The number of carbonyl (C=O) groups is 5. The van der Waals surface area contributed by atoms with Gasteiger partial charge in [0.1, 0.15) is 6.04 Å². The second-order valence-electron chi connectivity index (χ2n) is 15.8. The first-order valence-electron chi connectivity index (χ1n) is 17.0. The van der Waals surface area contributed by atoms with Gasteiger partial charge in [0.05, 0.1) is 11.8 Å². The van der Waals surface area contributed by atoms with Gasteiger partial charge in [0.25, 0.3) is 0 Å². The molecule has 0 radical (unpaired) electrons. The van der Waals surface area contributed by atoms with E-state index < -0.39 is 94.2 Å². The molecule has 2 heterocycles. The number of amides is 3. The van der Waals surface area contributed by atoms with Crippen LogP contribution in [0.5, 0.6) is 0 Å². The Bertz CT molecular complexity index is 1410. The average Bonchev–Trinajstić information content (AvgIpc) is 3.27. The van der Waals surface area contributed by atoms with Crippen molar-refractivity contribution in [3.05, 3.63) is 12.7 Å². The molecule has 3 fully saturated rings. The first-order chi connectivity index (χ1) is 22.4. The number of allylic oxidation sites excluding steroid dienone is 1. The number of urea groups is 1. The van der Waals surface area contributed by atoms with Crippen molar-refractivity contribution >= 4 is 39.3 Å². The molecule has 1 aliphatic carbocycles. The van der Waals surface area contributed by atoms with Crippen molar-refractivity contribution in [3.63, 3.8) is 0 Å². The number of hydrogen-bond donors (Lipinski definition) is 2. The number of likely N-dealkylation sites (tertiary alicyclic amines) is 1. The Morgan fingerprint density at radius 3 is 2.20 bits per heavy atom. The zero-order chi connectivity index (χ0) is 37.3. The molecule has 3 rings (SSSR count). The van der Waals surface area contributed by atoms with Crippen molar-refractivity contribution in [1.29, 1.82) is 0 Å². The zero-order valence-electron chi connectivity index (χ0n) is 29.7. The number of fused-ring (bicyclic) bond motifs is 1. The van der Waals surface area contributed by atoms with Crippen LogP contribution in [0.15, 0.2) is 12.7 Å². The minimum atomic E-state index is -4.60. The lowest BCUT2D eigenvalue weighted by molar-refractivity contribution is -0.148. The highest BCUT2D eigenvalue weighted by Gasteiger charge is 2.69. The van der Waals surface area contributed by atoms with Gasteiger partial charge >= 0.3 is 12.2 Å². The molecule has 1 saturated carbocycles. The molecule has 0 aromatic heterocycles. The fourth-order valence-corrected chi connectivity index (χ4v) is 8.74. The van der Waals surface area contributed by atoms with E-state index in [-0.39, 0.29) is 54.9 Å². The molecule has 2 N–H and O–H groups in total. The van der Waals surface area contributed by atoms with Gasteiger partial charge in [0.2, 0.25) is 21.7 Å². The van der Waals surface area contributed by atoms with Crippen molar-refractivity contribution in [2.75, 3.05) is 25.4 Å². The SMILES string of the molecule is C=CCCC(=O)C(=O)C(CCC(F)(F)F)CC(=O)[C@@H]1[C@@H]2[C@H](CN1C(=O)[C@@H](NC(=O)N[C@H](CN1CCCS1(=O)=O)C(C)C)C(C)(C)C)C2(C)C. The average molecular weight is 719 g/mol. The summed E-state index contributed by atoms with van der Waals surface area (Å²) < 4.78 is 65.8. The van der Waals surface area contributed by atoms with Crippen molar-refractivity contribution in [2.45, 2.75) is 111 Å². The van der Waals surface area contributed by atoms with Crippen LogP contribution in [-0.4, -0.2) is 96.6 Å². The van der Waals surface area contributed by atoms with E-state index in [1.54, 1.807) is 20.8 Å². The van der Waals surface area contributed by atoms with Crippen LogP contribution in [0.2, 0.25) is 0 Å². The third-order valence-electron chi connectivity index (χ3n) is 10.4. The Hall–Kier alpha value is -2.81. The number of alkyl halides is 3. The topological polar surface area (TPSA) is 150 Å². The van der Waals surface area contributed by atoms with E-state index in [1.807, 2.05) is 27.7 Å². The van der Waals surface area contributed by atoms with Crippen LogP contribution in [0, 0.1) is 34.5 Å². The summed E-state index contributed by atoms with van der Waals surface area (Å²) in [7, 11) is -3.41. The Kier molecular flexibility index (Phi) is 12.6. The summed E-state index contributed by atoms with van der Waals surface area (Å²) in [6, 6.07) is -3.42. The Morgan fingerprint density at radius 2 is 1.69 bits per heavy atom. The summed E-state index contributed by atoms with van der Waals surface area (Å²) in [6.45, 7) is 16.9. The molecule has 3 amide bonds. The molecule has 0 aromatic carbocycles. The summed E-state index contributed by atoms with van der Waals surface area (Å²) in [5.41, 5.74) is -1.19. The minimum Gasteiger partial charge on any atom is -0.334 e. The van der Waals surface area contributed by atoms with E-state index in [0.717, 1.165) is 0 Å². The first-order valence-corrected chi connectivity index (χ1v) is 18.7. The number of piperidine rings is 1. The highest BCUT2D eigenvalue weighted by Crippen LogP contribution is 2.65. The smallest absolute Gasteiger partial charge is 0.334 e. The number of Topliss-reactive ketones (excluding diaryl/α,β-unsaturated/α-hetero) is 3. The van der Waals surface area contributed by atoms with Gasteiger partial charge in [-0.1, -0.05) is 54.5 Å². The fraction of sp³-hybridized carbons (Fsp3) is 0.794. The molecule has 0 bridgehead atoms. The summed E-state index contributed by atoms with van der Waals surface area (Å²) in [5.74, 6) is -5.01. The molecule has 278 valence electrons. The van der Waals surface area contributed by atoms with Crippen LogP contribution >= 0.6 is 0 Å². The highest BCUT2D eigenvalue weighted by molar-refractivity contribution is 7.89. The van der Waals surface area contributed by atoms with Crippen LogP contribution in [0.1, 0.15) is 87.0 Å². The molecule has 1 unspecified atom stereocenters. The molecule has 6 atom stereocenters. The molecule has 2 saturated heterocycles. The molecule has 2 aliphatic heterocycles. The van der Waals surface area contributed by atoms with Crippen LogP contribution in [-0.2, 0) is 29.2 Å². The van der Waals surface area contributed by atoms with E-state index in [1.165, 1.54) is 15.3 Å². The molecular weight excluding hydrogens is 665 g/mol. The van der Waals surface area contributed by atoms with Crippen LogP contribution in [0.25, 0.3) is 0 Å². The molecule has 15 heteroatoms. The number of nitrogens with zero attached hydrogens (tertiary/aromatic N) is 2. The molecule has 49 heavy (non-hydrogen) atoms. The maximum absolute atomic E-state index is 14.3. The van der Waals surface area contributed by atoms with Crippen molar-refractivity contribution in [2.24, 2.45) is 34.5 Å². The lowest BCUT2D eigenvalue weighted by Crippen LogP contribution is -2.61. The first kappa shape index (κ1) is 40.6. The van der Waals surface area contributed by atoms with Gasteiger partial charge in [-0.25, -0.2) is 13.2 Å². The van der Waals surface area contributed by atoms with Crippen LogP contribution < -0.4 is 10.6 Å². The largest absolute Gasteiger partial charge is 0.389 e. The standard InChI is InChI=1S/C34H53F3N4O7S/c1-9-10-12-24(42)28(44)21(13-14-34(35,36)37)17-25(43)27-26-22(33(26,7)8)18-41(27)30(45)29(32(4,5)6)39-31(46)38-23(20(2)3)19-40-15-11-16-49(40,47)48/h9,20-23,26-27,29H,1,10-19H2,2-8H3,(H2,38,39,46)/t21?,22-,23+,26-,27+,29+/m0/s1. The van der Waals surface area contributed by atoms with E-state index >= 15 is 0 Å². The van der Waals surface area contributed by atoms with Crippen LogP contribution in [0.4, 0.5) is 18.0 Å². The summed E-state index contributed by atoms with van der Waals surface area (Å²) in [6.07, 6.45) is -5.44. The van der Waals surface area contributed by atoms with Gasteiger partial charge in [-0.05, 0) is 47.8 Å². The number of hydrogen-bond acceptors (Lipinski definition) is 7. The van der Waals surface area contributed by atoms with E-state index in [0.29, 0.717) is 13.0 Å². The van der Waals surface area contributed by atoms with Gasteiger partial charge in [0, 0.05) is 50.9 Å². The summed E-state index contributed by atoms with van der Waals surface area (Å²) in [5, 5.41) is 5.57. The van der Waals surface area contributed by atoms with Gasteiger partial charge in [0.15, 0.2) is 11.6 Å². The molecule has 11 nitrogen and oxygen atoms in total. The van der Waals surface area contributed by atoms with Gasteiger partial charge < -0.3 is 15.5 Å². The zero-order valence-corrected chi connectivity index (χ0v) is 30.5. The number of carbonyl (C=O) groups excluding carboxylic acids is 5. The number of nitrogens with one attached hydrogen (secondary N) is 2. The predicted octanol–water partition coefficient (Wildman–Crippen LogP) is 4.27. The number of sulfonamides is 1. The van der Waals surface area contributed by atoms with Gasteiger partial charge in [-0.2, -0.15) is 17.5 Å². The maximum atomic E-state index is 14.3. The van der Waals surface area contributed by atoms with Crippen LogP contribution in [0.3, 0.4) is 0 Å². The van der Waals surface area contributed by atoms with E-state index in [4.69, 9.17) is 0 Å². The highest BCUT2D eigenvalue weighted by atomic mass is 32.2. The normalized spacial score (nSPS) is 24.9. The quantitative estimate of drug-likeness (QED) is 0.179. The van der Waals surface area contributed by atoms with Gasteiger partial charge in [-0.15, -0.1) is 6.58 Å². The lowest BCUT2D eigenvalue weighted by atomic mass is 9.83. The molecule has 0 spiro atoms. The maximum Gasteiger partial charge on any atom is 0.389 e. The summed E-state index contributed by atoms with van der Waals surface area (Å²) >= 11 is 0. The van der Waals surface area contributed by atoms with Crippen molar-refractivity contribution in [1.82, 2.24) is 19.8 Å². The Balaban J connectivity index is 1.83. The fourth-order valence-electron chi connectivity index (χ4n) is 7.19. The van der Waals surface area contributed by atoms with E-state index in [2.05, 4.69) is 17.2 Å². The third kappa shape index (κ3) is 9.92. The summed E-state index contributed by atoms with van der Waals surface area (Å²) in [4.78, 5) is 68.6. The van der Waals surface area contributed by atoms with Gasteiger partial charge in [-0.3, -0.25) is 19.2 Å². The third-order valence-corrected chi connectivity index (χ3v) is 12.3. The van der Waals surface area contributed by atoms with E-state index in [9.17, 15) is 45.6 Å². The van der Waals surface area contributed by atoms with Crippen molar-refractivity contribution in [3.8, 4) is 0 Å². The Labute approximate surface area is 288 Å². The predicted molar refractivity (Wildman–Crippen MR) is 178 cm³/mol. The Morgan fingerprint density at radius 1 is 1.06 bits per heavy atom. The molecular formula is C34H53F3N4O7S. The second kappa shape index (κ2) is 15.2. The molecule has 0 aromatic rings. The monoisotopic (exact) mass is 718 g/mol.